The molecule has 1 aliphatic heterocycles. The molecule has 1 heterocycles. The van der Waals surface area contributed by atoms with E-state index in [1.807, 2.05) is 38.1 Å². The molecule has 2 aromatic rings. The van der Waals surface area contributed by atoms with Gasteiger partial charge in [0.25, 0.3) is 0 Å². The Morgan fingerprint density at radius 1 is 1.07 bits per heavy atom. The molecule has 7 heteroatoms. The molecule has 1 unspecified atom stereocenters. The van der Waals surface area contributed by atoms with E-state index in [2.05, 4.69) is 10.2 Å². The Hall–Kier alpha value is -2.93. The number of para-hydroxylation sites is 2. The Morgan fingerprint density at radius 2 is 1.73 bits per heavy atom. The quantitative estimate of drug-likeness (QED) is 0.758. The van der Waals surface area contributed by atoms with Crippen LogP contribution in [0.3, 0.4) is 0 Å². The number of rotatable bonds is 7. The van der Waals surface area contributed by atoms with Crippen LogP contribution in [0.4, 0.5) is 10.1 Å². The fourth-order valence-electron chi connectivity index (χ4n) is 3.50. The van der Waals surface area contributed by atoms with Gasteiger partial charge in [0.1, 0.15) is 11.6 Å². The number of carbonyl (C=O) groups is 2. The molecule has 3 rings (SSSR count). The van der Waals surface area contributed by atoms with Crippen molar-refractivity contribution in [2.24, 2.45) is 0 Å². The van der Waals surface area contributed by atoms with Crippen molar-refractivity contribution in [3.8, 4) is 5.75 Å². The summed E-state index contributed by atoms with van der Waals surface area (Å²) >= 11 is 0. The van der Waals surface area contributed by atoms with Gasteiger partial charge in [0, 0.05) is 26.2 Å². The average Bonchev–Trinajstić information content (AvgIpc) is 2.76. The summed E-state index contributed by atoms with van der Waals surface area (Å²) in [5.74, 6) is 0.255. The molecule has 0 spiro atoms. The number of halogens is 1. The fraction of sp³-hybridized carbons (Fsp3) is 0.391. The first-order valence-corrected chi connectivity index (χ1v) is 10.3. The second kappa shape index (κ2) is 10.2. The minimum absolute atomic E-state index is 0.0176. The van der Waals surface area contributed by atoms with Crippen LogP contribution in [0.5, 0.6) is 5.75 Å². The average molecular weight is 413 g/mol. The van der Waals surface area contributed by atoms with Gasteiger partial charge >= 0.3 is 0 Å². The van der Waals surface area contributed by atoms with Crippen molar-refractivity contribution in [3.63, 3.8) is 0 Å². The Morgan fingerprint density at radius 3 is 2.40 bits per heavy atom. The molecule has 1 N–H and O–H groups in total. The van der Waals surface area contributed by atoms with Crippen LogP contribution >= 0.6 is 0 Å². The molecule has 160 valence electrons. The molecule has 0 aliphatic carbocycles. The van der Waals surface area contributed by atoms with Gasteiger partial charge in [0.2, 0.25) is 11.8 Å². The molecule has 2 aromatic carbocycles. The van der Waals surface area contributed by atoms with Crippen molar-refractivity contribution < 1.29 is 18.7 Å². The first kappa shape index (κ1) is 21.8. The van der Waals surface area contributed by atoms with E-state index in [0.29, 0.717) is 44.2 Å². The standard InChI is InChI=1S/C23H28FN3O3/c1-3-30-21-7-5-4-6-20(21)25-23(29)17(2)26-12-14-27(15-13-26)22(28)16-18-8-10-19(24)11-9-18/h4-11,17H,3,12-16H2,1-2H3,(H,25,29). The normalized spacial score (nSPS) is 15.5. The van der Waals surface area contributed by atoms with E-state index in [1.54, 1.807) is 17.0 Å². The summed E-state index contributed by atoms with van der Waals surface area (Å²) in [6.07, 6.45) is 0.254. The highest BCUT2D eigenvalue weighted by Gasteiger charge is 2.27. The molecule has 2 amide bonds. The Labute approximate surface area is 176 Å². The van der Waals surface area contributed by atoms with Crippen LogP contribution in [0.2, 0.25) is 0 Å². The van der Waals surface area contributed by atoms with E-state index in [1.165, 1.54) is 12.1 Å². The van der Waals surface area contributed by atoms with Gasteiger partial charge in [0.05, 0.1) is 24.8 Å². The van der Waals surface area contributed by atoms with Gasteiger partial charge in [-0.3, -0.25) is 14.5 Å². The lowest BCUT2D eigenvalue weighted by atomic mass is 10.1. The number of nitrogens with one attached hydrogen (secondary N) is 1. The highest BCUT2D eigenvalue weighted by Crippen LogP contribution is 2.24. The fourth-order valence-corrected chi connectivity index (χ4v) is 3.50. The molecule has 0 radical (unpaired) electrons. The molecule has 1 aliphatic rings. The Balaban J connectivity index is 1.51. The van der Waals surface area contributed by atoms with Gasteiger partial charge in [-0.1, -0.05) is 24.3 Å². The topological polar surface area (TPSA) is 61.9 Å². The number of piperazine rings is 1. The highest BCUT2D eigenvalue weighted by atomic mass is 19.1. The van der Waals surface area contributed by atoms with Crippen LogP contribution in [0, 0.1) is 5.82 Å². The van der Waals surface area contributed by atoms with Gasteiger partial charge in [-0.2, -0.15) is 0 Å². The summed E-state index contributed by atoms with van der Waals surface area (Å²) in [5.41, 5.74) is 1.45. The van der Waals surface area contributed by atoms with Crippen molar-refractivity contribution in [1.29, 1.82) is 0 Å². The van der Waals surface area contributed by atoms with Crippen molar-refractivity contribution in [3.05, 3.63) is 59.9 Å². The summed E-state index contributed by atoms with van der Waals surface area (Å²) in [6, 6.07) is 13.0. The molecule has 1 saturated heterocycles. The molecular formula is C23H28FN3O3. The third kappa shape index (κ3) is 5.57. The van der Waals surface area contributed by atoms with Gasteiger partial charge in [-0.25, -0.2) is 4.39 Å². The molecule has 0 bridgehead atoms. The van der Waals surface area contributed by atoms with Gasteiger partial charge in [-0.05, 0) is 43.7 Å². The van der Waals surface area contributed by atoms with Gasteiger partial charge in [-0.15, -0.1) is 0 Å². The first-order chi connectivity index (χ1) is 14.5. The van der Waals surface area contributed by atoms with Gasteiger partial charge in [0.15, 0.2) is 0 Å². The van der Waals surface area contributed by atoms with Crippen LogP contribution < -0.4 is 10.1 Å². The zero-order chi connectivity index (χ0) is 21.5. The monoisotopic (exact) mass is 413 g/mol. The third-order valence-electron chi connectivity index (χ3n) is 5.31. The highest BCUT2D eigenvalue weighted by molar-refractivity contribution is 5.95. The largest absolute Gasteiger partial charge is 0.492 e. The number of anilines is 1. The molecule has 1 atom stereocenters. The number of hydrogen-bond donors (Lipinski definition) is 1. The van der Waals surface area contributed by atoms with Crippen molar-refractivity contribution in [2.75, 3.05) is 38.1 Å². The number of hydrogen-bond acceptors (Lipinski definition) is 4. The summed E-state index contributed by atoms with van der Waals surface area (Å²) in [6.45, 7) is 6.66. The predicted molar refractivity (Wildman–Crippen MR) is 114 cm³/mol. The summed E-state index contributed by atoms with van der Waals surface area (Å²) in [4.78, 5) is 29.1. The lowest BCUT2D eigenvalue weighted by molar-refractivity contribution is -0.133. The molecule has 0 saturated carbocycles. The number of amides is 2. The third-order valence-corrected chi connectivity index (χ3v) is 5.31. The van der Waals surface area contributed by atoms with Crippen LogP contribution in [0.25, 0.3) is 0 Å². The number of nitrogens with zero attached hydrogens (tertiary/aromatic N) is 2. The SMILES string of the molecule is CCOc1ccccc1NC(=O)C(C)N1CCN(C(=O)Cc2ccc(F)cc2)CC1. The Bertz CT molecular complexity index is 864. The van der Waals surface area contributed by atoms with Crippen molar-refractivity contribution in [1.82, 2.24) is 9.80 Å². The van der Waals surface area contributed by atoms with E-state index in [-0.39, 0.29) is 30.1 Å². The molecular weight excluding hydrogens is 385 g/mol. The predicted octanol–water partition coefficient (Wildman–Crippen LogP) is 2.94. The molecule has 0 aromatic heterocycles. The van der Waals surface area contributed by atoms with Gasteiger partial charge < -0.3 is 15.0 Å². The van der Waals surface area contributed by atoms with E-state index in [9.17, 15) is 14.0 Å². The smallest absolute Gasteiger partial charge is 0.241 e. The molecule has 6 nitrogen and oxygen atoms in total. The van der Waals surface area contributed by atoms with Crippen LogP contribution in [0.15, 0.2) is 48.5 Å². The second-order valence-electron chi connectivity index (χ2n) is 7.31. The maximum absolute atomic E-state index is 13.0. The lowest BCUT2D eigenvalue weighted by Crippen LogP contribution is -2.54. The number of carbonyl (C=O) groups excluding carboxylic acids is 2. The zero-order valence-electron chi connectivity index (χ0n) is 17.4. The zero-order valence-corrected chi connectivity index (χ0v) is 17.4. The number of benzene rings is 2. The summed E-state index contributed by atoms with van der Waals surface area (Å²) < 4.78 is 18.6. The van der Waals surface area contributed by atoms with Crippen molar-refractivity contribution in [2.45, 2.75) is 26.3 Å². The van der Waals surface area contributed by atoms with Crippen LogP contribution in [-0.4, -0.2) is 60.4 Å². The van der Waals surface area contributed by atoms with E-state index in [0.717, 1.165) is 5.56 Å². The van der Waals surface area contributed by atoms with Crippen LogP contribution in [0.1, 0.15) is 19.4 Å². The maximum atomic E-state index is 13.0. The van der Waals surface area contributed by atoms with E-state index >= 15 is 0 Å². The number of ether oxygens (including phenoxy) is 1. The molecule has 1 fully saturated rings. The van der Waals surface area contributed by atoms with Crippen LogP contribution in [-0.2, 0) is 16.0 Å². The maximum Gasteiger partial charge on any atom is 0.241 e. The minimum Gasteiger partial charge on any atom is -0.492 e. The van der Waals surface area contributed by atoms with Crippen molar-refractivity contribution >= 4 is 17.5 Å². The summed E-state index contributed by atoms with van der Waals surface area (Å²) in [5, 5.41) is 2.95. The Kier molecular flexibility index (Phi) is 7.41. The lowest BCUT2D eigenvalue weighted by Gasteiger charge is -2.37. The van der Waals surface area contributed by atoms with E-state index in [4.69, 9.17) is 4.74 Å². The molecule has 30 heavy (non-hydrogen) atoms. The van der Waals surface area contributed by atoms with E-state index < -0.39 is 0 Å². The summed E-state index contributed by atoms with van der Waals surface area (Å²) in [7, 11) is 0. The first-order valence-electron chi connectivity index (χ1n) is 10.3. The minimum atomic E-state index is -0.325. The second-order valence-corrected chi connectivity index (χ2v) is 7.31.